The van der Waals surface area contributed by atoms with Crippen molar-refractivity contribution in [2.45, 2.75) is 26.0 Å². The van der Waals surface area contributed by atoms with Crippen LogP contribution in [0.25, 0.3) is 0 Å². The molecule has 2 amide bonds. The topological polar surface area (TPSA) is 90.9 Å². The van der Waals surface area contributed by atoms with Crippen molar-refractivity contribution in [3.05, 3.63) is 0 Å². The molecule has 7 nitrogen and oxygen atoms in total. The van der Waals surface area contributed by atoms with Crippen LogP contribution < -0.4 is 10.6 Å². The molecule has 0 saturated heterocycles. The van der Waals surface area contributed by atoms with E-state index in [9.17, 15) is 9.59 Å². The molecule has 106 valence electrons. The monoisotopic (exact) mass is 261 g/mol. The molecular formula is C11H23N3O4. The number of aliphatic carboxylic acids is 1. The number of carboxylic acid groups (broad SMARTS) is 1. The molecular weight excluding hydrogens is 238 g/mol. The number of nitrogens with zero attached hydrogens (tertiary/aromatic N) is 1. The first-order valence-electron chi connectivity index (χ1n) is 5.86. The summed E-state index contributed by atoms with van der Waals surface area (Å²) in [7, 11) is 3.26. The molecule has 7 heteroatoms. The fourth-order valence-electron chi connectivity index (χ4n) is 1.12. The molecule has 0 aromatic heterocycles. The predicted molar refractivity (Wildman–Crippen MR) is 67.6 cm³/mol. The number of ether oxygens (including phenoxy) is 1. The van der Waals surface area contributed by atoms with Crippen LogP contribution in [0.15, 0.2) is 0 Å². The van der Waals surface area contributed by atoms with E-state index in [0.717, 1.165) is 6.54 Å². The van der Waals surface area contributed by atoms with Crippen LogP contribution in [0.2, 0.25) is 0 Å². The molecule has 0 saturated carbocycles. The first kappa shape index (κ1) is 16.7. The Labute approximate surface area is 107 Å². The van der Waals surface area contributed by atoms with Crippen molar-refractivity contribution in [3.63, 3.8) is 0 Å². The second-order valence-corrected chi connectivity index (χ2v) is 4.27. The van der Waals surface area contributed by atoms with Crippen molar-refractivity contribution in [2.75, 3.05) is 33.8 Å². The van der Waals surface area contributed by atoms with Gasteiger partial charge < -0.3 is 25.4 Å². The average Bonchev–Trinajstić information content (AvgIpc) is 2.29. The Kier molecular flexibility index (Phi) is 8.06. The van der Waals surface area contributed by atoms with E-state index >= 15 is 0 Å². The number of carboxylic acids is 1. The van der Waals surface area contributed by atoms with Crippen molar-refractivity contribution in [1.82, 2.24) is 15.5 Å². The Bertz CT molecular complexity index is 271. The summed E-state index contributed by atoms with van der Waals surface area (Å²) in [6.07, 6.45) is -1.02. The molecule has 0 aliphatic carbocycles. The third-order valence-corrected chi connectivity index (χ3v) is 2.64. The van der Waals surface area contributed by atoms with E-state index in [1.807, 2.05) is 7.05 Å². The van der Waals surface area contributed by atoms with Gasteiger partial charge in [0.15, 0.2) is 6.10 Å². The highest BCUT2D eigenvalue weighted by Gasteiger charge is 2.16. The number of hydrogen-bond donors (Lipinski definition) is 3. The molecule has 0 aliphatic heterocycles. The van der Waals surface area contributed by atoms with Gasteiger partial charge in [-0.05, 0) is 20.9 Å². The number of carbonyl (C=O) groups is 2. The molecule has 0 fully saturated rings. The summed E-state index contributed by atoms with van der Waals surface area (Å²) >= 11 is 0. The van der Waals surface area contributed by atoms with Crippen LogP contribution in [0.4, 0.5) is 4.79 Å². The van der Waals surface area contributed by atoms with E-state index in [1.54, 1.807) is 0 Å². The van der Waals surface area contributed by atoms with E-state index in [4.69, 9.17) is 5.11 Å². The molecule has 3 N–H and O–H groups in total. The lowest BCUT2D eigenvalue weighted by Crippen LogP contribution is -2.45. The fourth-order valence-corrected chi connectivity index (χ4v) is 1.12. The Morgan fingerprint density at radius 3 is 2.39 bits per heavy atom. The smallest absolute Gasteiger partial charge is 0.334 e. The Morgan fingerprint density at radius 1 is 1.33 bits per heavy atom. The van der Waals surface area contributed by atoms with Gasteiger partial charge in [0.2, 0.25) is 0 Å². The van der Waals surface area contributed by atoms with Gasteiger partial charge in [-0.15, -0.1) is 0 Å². The summed E-state index contributed by atoms with van der Waals surface area (Å²) in [5, 5.41) is 13.8. The Morgan fingerprint density at radius 2 is 1.94 bits per heavy atom. The van der Waals surface area contributed by atoms with Crippen LogP contribution in [0.1, 0.15) is 13.8 Å². The molecule has 0 bridgehead atoms. The largest absolute Gasteiger partial charge is 0.479 e. The predicted octanol–water partition coefficient (Wildman–Crippen LogP) is -0.275. The number of hydrogen-bond acceptors (Lipinski definition) is 4. The summed E-state index contributed by atoms with van der Waals surface area (Å²) in [4.78, 5) is 24.1. The molecule has 0 spiro atoms. The third-order valence-electron chi connectivity index (χ3n) is 2.64. The number of carbonyl (C=O) groups excluding carboxylic acids is 1. The number of nitrogens with one attached hydrogen (secondary N) is 2. The molecule has 0 heterocycles. The number of amides is 2. The summed E-state index contributed by atoms with van der Waals surface area (Å²) in [6.45, 7) is 5.31. The molecule has 18 heavy (non-hydrogen) atoms. The average molecular weight is 261 g/mol. The minimum atomic E-state index is -1.10. The van der Waals surface area contributed by atoms with E-state index in [2.05, 4.69) is 34.1 Å². The van der Waals surface area contributed by atoms with Gasteiger partial charge in [-0.2, -0.15) is 0 Å². The minimum Gasteiger partial charge on any atom is -0.479 e. The third kappa shape index (κ3) is 7.08. The first-order valence-corrected chi connectivity index (χ1v) is 5.86. The Hall–Kier alpha value is -1.34. The number of likely N-dealkylation sites (N-methyl/N-ethyl adjacent to an activating group) is 1. The SMILES string of the molecule is COC(CNC(=O)NCCN(C)C(C)C)C(=O)O. The van der Waals surface area contributed by atoms with E-state index < -0.39 is 18.1 Å². The van der Waals surface area contributed by atoms with E-state index in [1.165, 1.54) is 7.11 Å². The lowest BCUT2D eigenvalue weighted by atomic mass is 10.3. The molecule has 0 aliphatic rings. The van der Waals surface area contributed by atoms with Crippen LogP contribution in [0.5, 0.6) is 0 Å². The maximum atomic E-state index is 11.3. The zero-order valence-electron chi connectivity index (χ0n) is 11.4. The van der Waals surface area contributed by atoms with E-state index in [-0.39, 0.29) is 6.54 Å². The van der Waals surface area contributed by atoms with Gasteiger partial charge in [0.25, 0.3) is 0 Å². The number of rotatable bonds is 8. The Balaban J connectivity index is 3.75. The molecule has 0 aromatic carbocycles. The van der Waals surface area contributed by atoms with Gasteiger partial charge in [0, 0.05) is 26.2 Å². The highest BCUT2D eigenvalue weighted by Crippen LogP contribution is 1.91. The second-order valence-electron chi connectivity index (χ2n) is 4.27. The lowest BCUT2D eigenvalue weighted by Gasteiger charge is -2.21. The van der Waals surface area contributed by atoms with Crippen molar-refractivity contribution in [1.29, 1.82) is 0 Å². The molecule has 0 aromatic rings. The quantitative estimate of drug-likeness (QED) is 0.559. The van der Waals surface area contributed by atoms with Gasteiger partial charge in [0.1, 0.15) is 0 Å². The summed E-state index contributed by atoms with van der Waals surface area (Å²) in [5.74, 6) is -1.10. The highest BCUT2D eigenvalue weighted by molar-refractivity contribution is 5.76. The minimum absolute atomic E-state index is 0.0579. The number of urea groups is 1. The summed E-state index contributed by atoms with van der Waals surface area (Å²) in [5.41, 5.74) is 0. The van der Waals surface area contributed by atoms with Crippen LogP contribution >= 0.6 is 0 Å². The maximum Gasteiger partial charge on any atom is 0.334 e. The van der Waals surface area contributed by atoms with Gasteiger partial charge in [-0.3, -0.25) is 0 Å². The normalized spacial score (nSPS) is 12.6. The fraction of sp³-hybridized carbons (Fsp3) is 0.818. The van der Waals surface area contributed by atoms with Crippen LogP contribution in [-0.4, -0.2) is 67.9 Å². The van der Waals surface area contributed by atoms with Gasteiger partial charge in [0.05, 0.1) is 6.54 Å². The van der Waals surface area contributed by atoms with Crippen LogP contribution in [0, 0.1) is 0 Å². The van der Waals surface area contributed by atoms with Crippen molar-refractivity contribution < 1.29 is 19.4 Å². The second kappa shape index (κ2) is 8.71. The van der Waals surface area contributed by atoms with Crippen molar-refractivity contribution in [2.24, 2.45) is 0 Å². The van der Waals surface area contributed by atoms with Crippen molar-refractivity contribution >= 4 is 12.0 Å². The van der Waals surface area contributed by atoms with Crippen molar-refractivity contribution in [3.8, 4) is 0 Å². The summed E-state index contributed by atoms with van der Waals surface area (Å²) in [6, 6.07) is 0.0233. The molecule has 0 rings (SSSR count). The standard InChI is InChI=1S/C11H23N3O4/c1-8(2)14(3)6-5-12-11(17)13-7-9(18-4)10(15)16/h8-9H,5-7H2,1-4H3,(H,15,16)(H2,12,13,17). The maximum absolute atomic E-state index is 11.3. The first-order chi connectivity index (χ1) is 8.38. The zero-order chi connectivity index (χ0) is 14.1. The van der Waals surface area contributed by atoms with E-state index in [0.29, 0.717) is 12.6 Å². The molecule has 1 unspecified atom stereocenters. The van der Waals surface area contributed by atoms with Gasteiger partial charge in [-0.25, -0.2) is 9.59 Å². The van der Waals surface area contributed by atoms with Crippen LogP contribution in [-0.2, 0) is 9.53 Å². The lowest BCUT2D eigenvalue weighted by molar-refractivity contribution is -0.147. The van der Waals surface area contributed by atoms with Gasteiger partial charge >= 0.3 is 12.0 Å². The van der Waals surface area contributed by atoms with Crippen LogP contribution in [0.3, 0.4) is 0 Å². The summed E-state index contributed by atoms with van der Waals surface area (Å²) < 4.78 is 4.69. The molecule has 1 atom stereocenters. The number of methoxy groups -OCH3 is 1. The molecule has 0 radical (unpaired) electrons. The highest BCUT2D eigenvalue weighted by atomic mass is 16.5. The van der Waals surface area contributed by atoms with Gasteiger partial charge in [-0.1, -0.05) is 0 Å². The zero-order valence-corrected chi connectivity index (χ0v) is 11.4.